The predicted molar refractivity (Wildman–Crippen MR) is 108 cm³/mol. The van der Waals surface area contributed by atoms with Crippen LogP contribution in [0, 0.1) is 18.6 Å². The Bertz CT molecular complexity index is 883. The van der Waals surface area contributed by atoms with Crippen molar-refractivity contribution >= 4 is 23.2 Å². The van der Waals surface area contributed by atoms with Crippen molar-refractivity contribution in [2.24, 2.45) is 0 Å². The average Bonchev–Trinajstić information content (AvgIpc) is 2.70. The van der Waals surface area contributed by atoms with Gasteiger partial charge in [0.05, 0.1) is 13.1 Å². The molecule has 1 fully saturated rings. The van der Waals surface area contributed by atoms with Gasteiger partial charge in [0.15, 0.2) is 11.6 Å². The summed E-state index contributed by atoms with van der Waals surface area (Å²) < 4.78 is 26.1. The highest BCUT2D eigenvalue weighted by Gasteiger charge is 2.20. The summed E-state index contributed by atoms with van der Waals surface area (Å²) in [5.41, 5.74) is 2.58. The van der Waals surface area contributed by atoms with Crippen LogP contribution in [0.4, 0.5) is 20.2 Å². The molecule has 3 rings (SSSR count). The largest absolute Gasteiger partial charge is 0.369 e. The number of amides is 2. The average molecular weight is 402 g/mol. The van der Waals surface area contributed by atoms with Gasteiger partial charge in [-0.3, -0.25) is 14.5 Å². The Hall–Kier alpha value is -3.00. The van der Waals surface area contributed by atoms with E-state index in [1.165, 1.54) is 17.3 Å². The second-order valence-electron chi connectivity index (χ2n) is 7.00. The number of carbonyl (C=O) groups excluding carboxylic acids is 2. The van der Waals surface area contributed by atoms with E-state index in [0.717, 1.165) is 38.3 Å². The van der Waals surface area contributed by atoms with Gasteiger partial charge in [0, 0.05) is 43.6 Å². The fourth-order valence-corrected chi connectivity index (χ4v) is 3.28. The Morgan fingerprint density at radius 3 is 2.38 bits per heavy atom. The zero-order chi connectivity index (χ0) is 20.8. The van der Waals surface area contributed by atoms with E-state index in [1.54, 1.807) is 0 Å². The van der Waals surface area contributed by atoms with Crippen molar-refractivity contribution in [2.75, 3.05) is 49.5 Å². The lowest BCUT2D eigenvalue weighted by molar-refractivity contribution is -0.125. The first-order valence-electron chi connectivity index (χ1n) is 9.47. The van der Waals surface area contributed by atoms with E-state index in [-0.39, 0.29) is 24.7 Å². The Morgan fingerprint density at radius 1 is 0.966 bits per heavy atom. The first-order valence-corrected chi connectivity index (χ1v) is 9.47. The van der Waals surface area contributed by atoms with E-state index in [1.807, 2.05) is 17.0 Å². The number of anilines is 2. The molecule has 2 amide bonds. The lowest BCUT2D eigenvalue weighted by atomic mass is 10.1. The highest BCUT2D eigenvalue weighted by atomic mass is 19.2. The van der Waals surface area contributed by atoms with Crippen molar-refractivity contribution < 1.29 is 18.4 Å². The van der Waals surface area contributed by atoms with E-state index in [2.05, 4.69) is 34.6 Å². The van der Waals surface area contributed by atoms with E-state index >= 15 is 0 Å². The van der Waals surface area contributed by atoms with Crippen LogP contribution in [0.2, 0.25) is 0 Å². The van der Waals surface area contributed by atoms with Gasteiger partial charge >= 0.3 is 0 Å². The van der Waals surface area contributed by atoms with Crippen LogP contribution in [0.15, 0.2) is 42.5 Å². The Balaban J connectivity index is 1.39. The molecule has 0 spiro atoms. The van der Waals surface area contributed by atoms with Crippen LogP contribution in [0.1, 0.15) is 5.56 Å². The molecule has 0 aromatic heterocycles. The van der Waals surface area contributed by atoms with E-state index < -0.39 is 17.5 Å². The zero-order valence-corrected chi connectivity index (χ0v) is 16.3. The summed E-state index contributed by atoms with van der Waals surface area (Å²) in [6.45, 7) is 5.22. The number of halogens is 2. The molecular formula is C21H24F2N4O2. The topological polar surface area (TPSA) is 64.7 Å². The lowest BCUT2D eigenvalue weighted by Crippen LogP contribution is -2.50. The second kappa shape index (κ2) is 9.47. The fourth-order valence-electron chi connectivity index (χ4n) is 3.28. The van der Waals surface area contributed by atoms with Gasteiger partial charge < -0.3 is 15.5 Å². The Morgan fingerprint density at radius 2 is 1.69 bits per heavy atom. The predicted octanol–water partition coefficient (Wildman–Crippen LogP) is 2.15. The van der Waals surface area contributed by atoms with Crippen LogP contribution in [-0.2, 0) is 9.59 Å². The molecular weight excluding hydrogens is 378 g/mol. The van der Waals surface area contributed by atoms with Crippen LogP contribution >= 0.6 is 0 Å². The third-order valence-corrected chi connectivity index (χ3v) is 4.85. The van der Waals surface area contributed by atoms with Gasteiger partial charge in [0.2, 0.25) is 11.8 Å². The summed E-state index contributed by atoms with van der Waals surface area (Å²) in [5, 5.41) is 4.97. The molecule has 0 unspecified atom stereocenters. The molecule has 0 saturated carbocycles. The normalized spacial score (nSPS) is 14.5. The number of benzene rings is 2. The van der Waals surface area contributed by atoms with Crippen molar-refractivity contribution in [2.45, 2.75) is 6.92 Å². The summed E-state index contributed by atoms with van der Waals surface area (Å²) >= 11 is 0. The maximum absolute atomic E-state index is 13.2. The summed E-state index contributed by atoms with van der Waals surface area (Å²) in [7, 11) is 0. The first kappa shape index (κ1) is 20.7. The molecule has 2 N–H and O–H groups in total. The highest BCUT2D eigenvalue weighted by Crippen LogP contribution is 2.20. The zero-order valence-electron chi connectivity index (χ0n) is 16.3. The summed E-state index contributed by atoms with van der Waals surface area (Å²) in [6.07, 6.45) is 0. The summed E-state index contributed by atoms with van der Waals surface area (Å²) in [4.78, 5) is 28.3. The number of aryl methyl sites for hydroxylation is 1. The monoisotopic (exact) mass is 402 g/mol. The van der Waals surface area contributed by atoms with Gasteiger partial charge in [-0.1, -0.05) is 18.2 Å². The minimum atomic E-state index is -1.04. The standard InChI is InChI=1S/C21H24F2N4O2/c1-15-4-2-3-5-19(15)27-10-8-26(9-11-27)14-21(29)24-13-20(28)25-16-6-7-17(22)18(23)12-16/h2-7,12H,8-11,13-14H2,1H3,(H,24,29)(H,25,28). The molecule has 8 heteroatoms. The molecule has 154 valence electrons. The molecule has 1 aliphatic heterocycles. The van der Waals surface area contributed by atoms with E-state index in [4.69, 9.17) is 0 Å². The molecule has 1 saturated heterocycles. The molecule has 0 atom stereocenters. The van der Waals surface area contributed by atoms with Gasteiger partial charge in [0.25, 0.3) is 0 Å². The number of hydrogen-bond acceptors (Lipinski definition) is 4. The molecule has 1 aliphatic rings. The van der Waals surface area contributed by atoms with Gasteiger partial charge in [-0.2, -0.15) is 0 Å². The summed E-state index contributed by atoms with van der Waals surface area (Å²) in [5.74, 6) is -2.79. The van der Waals surface area contributed by atoms with Crippen molar-refractivity contribution in [3.8, 4) is 0 Å². The van der Waals surface area contributed by atoms with Crippen LogP contribution in [-0.4, -0.2) is 56.0 Å². The SMILES string of the molecule is Cc1ccccc1N1CCN(CC(=O)NCC(=O)Nc2ccc(F)c(F)c2)CC1. The van der Waals surface area contributed by atoms with Crippen LogP contribution in [0.5, 0.6) is 0 Å². The molecule has 0 radical (unpaired) electrons. The van der Waals surface area contributed by atoms with Gasteiger partial charge in [-0.05, 0) is 30.7 Å². The number of piperazine rings is 1. The Labute approximate surface area is 168 Å². The van der Waals surface area contributed by atoms with Gasteiger partial charge in [-0.25, -0.2) is 8.78 Å². The number of nitrogens with zero attached hydrogens (tertiary/aromatic N) is 2. The lowest BCUT2D eigenvalue weighted by Gasteiger charge is -2.36. The maximum atomic E-state index is 13.2. The molecule has 0 aliphatic carbocycles. The van der Waals surface area contributed by atoms with Gasteiger partial charge in [-0.15, -0.1) is 0 Å². The number of nitrogens with one attached hydrogen (secondary N) is 2. The van der Waals surface area contributed by atoms with E-state index in [9.17, 15) is 18.4 Å². The molecule has 29 heavy (non-hydrogen) atoms. The van der Waals surface area contributed by atoms with E-state index in [0.29, 0.717) is 0 Å². The third-order valence-electron chi connectivity index (χ3n) is 4.85. The quantitative estimate of drug-likeness (QED) is 0.777. The minimum Gasteiger partial charge on any atom is -0.369 e. The second-order valence-corrected chi connectivity index (χ2v) is 7.00. The van der Waals surface area contributed by atoms with Crippen LogP contribution in [0.25, 0.3) is 0 Å². The summed E-state index contributed by atoms with van der Waals surface area (Å²) in [6, 6.07) is 11.3. The highest BCUT2D eigenvalue weighted by molar-refractivity contribution is 5.94. The van der Waals surface area contributed by atoms with Crippen molar-refractivity contribution in [3.63, 3.8) is 0 Å². The third kappa shape index (κ3) is 5.74. The van der Waals surface area contributed by atoms with Crippen molar-refractivity contribution in [1.82, 2.24) is 10.2 Å². The smallest absolute Gasteiger partial charge is 0.243 e. The number of para-hydroxylation sites is 1. The maximum Gasteiger partial charge on any atom is 0.243 e. The minimum absolute atomic E-state index is 0.135. The first-order chi connectivity index (χ1) is 13.9. The molecule has 0 bridgehead atoms. The van der Waals surface area contributed by atoms with Gasteiger partial charge in [0.1, 0.15) is 0 Å². The molecule has 1 heterocycles. The number of rotatable bonds is 6. The van der Waals surface area contributed by atoms with Crippen LogP contribution in [0.3, 0.4) is 0 Å². The molecule has 2 aromatic carbocycles. The number of carbonyl (C=O) groups is 2. The van der Waals surface area contributed by atoms with Crippen molar-refractivity contribution in [1.29, 1.82) is 0 Å². The Kier molecular flexibility index (Phi) is 6.77. The molecule has 2 aromatic rings. The van der Waals surface area contributed by atoms with Crippen molar-refractivity contribution in [3.05, 3.63) is 59.7 Å². The molecule has 6 nitrogen and oxygen atoms in total. The fraction of sp³-hybridized carbons (Fsp3) is 0.333. The number of hydrogen-bond donors (Lipinski definition) is 2. The van der Waals surface area contributed by atoms with Crippen LogP contribution < -0.4 is 15.5 Å².